The van der Waals surface area contributed by atoms with E-state index in [1.165, 1.54) is 18.2 Å². The van der Waals surface area contributed by atoms with Crippen LogP contribution < -0.4 is 4.74 Å². The summed E-state index contributed by atoms with van der Waals surface area (Å²) in [5.41, 5.74) is 2.69. The van der Waals surface area contributed by atoms with Crippen molar-refractivity contribution in [3.8, 4) is 28.7 Å². The van der Waals surface area contributed by atoms with Gasteiger partial charge in [-0.3, -0.25) is 0 Å². The van der Waals surface area contributed by atoms with Gasteiger partial charge in [0.15, 0.2) is 11.6 Å². The van der Waals surface area contributed by atoms with Crippen LogP contribution in [0, 0.1) is 29.3 Å². The van der Waals surface area contributed by atoms with E-state index in [1.54, 1.807) is 24.3 Å². The van der Waals surface area contributed by atoms with Gasteiger partial charge in [-0.05, 0) is 59.8 Å². The molecule has 154 valence electrons. The summed E-state index contributed by atoms with van der Waals surface area (Å²) in [5.74, 6) is 4.52. The fourth-order valence-electron chi connectivity index (χ4n) is 3.26. The van der Waals surface area contributed by atoms with Crippen LogP contribution in [0.4, 0.5) is 13.2 Å². The van der Waals surface area contributed by atoms with Crippen LogP contribution in [0.15, 0.2) is 72.8 Å². The normalized spacial score (nSPS) is 10.6. The highest BCUT2D eigenvalue weighted by atomic mass is 19.2. The molecule has 1 nitrogen and oxygen atoms in total. The van der Waals surface area contributed by atoms with Crippen molar-refractivity contribution in [1.29, 1.82) is 0 Å². The largest absolute Gasteiger partial charge is 0.494 e. The number of benzene rings is 4. The quantitative estimate of drug-likeness (QED) is 0.322. The van der Waals surface area contributed by atoms with E-state index in [-0.39, 0.29) is 11.2 Å². The predicted octanol–water partition coefficient (Wildman–Crippen LogP) is 7.11. The first-order valence-corrected chi connectivity index (χ1v) is 9.97. The van der Waals surface area contributed by atoms with Gasteiger partial charge in [0.25, 0.3) is 0 Å². The second kappa shape index (κ2) is 8.97. The van der Waals surface area contributed by atoms with Gasteiger partial charge < -0.3 is 4.74 Å². The van der Waals surface area contributed by atoms with Gasteiger partial charge in [-0.25, -0.2) is 13.2 Å². The molecule has 0 bridgehead atoms. The van der Waals surface area contributed by atoms with Crippen LogP contribution in [-0.4, -0.2) is 6.61 Å². The second-order valence-electron chi connectivity index (χ2n) is 7.11. The summed E-state index contributed by atoms with van der Waals surface area (Å²) in [6, 6.07) is 19.7. The van der Waals surface area contributed by atoms with Crippen LogP contribution in [0.3, 0.4) is 0 Å². The summed E-state index contributed by atoms with van der Waals surface area (Å²) >= 11 is 0. The number of rotatable bonds is 4. The molecule has 0 aliphatic carbocycles. The summed E-state index contributed by atoms with van der Waals surface area (Å²) in [6.45, 7) is 2.55. The van der Waals surface area contributed by atoms with Crippen molar-refractivity contribution < 1.29 is 17.9 Å². The fraction of sp³-hybridized carbons (Fsp3) is 0.111. The molecule has 0 aliphatic rings. The molecular weight excluding hydrogens is 397 g/mol. The maximum absolute atomic E-state index is 14.5. The summed E-state index contributed by atoms with van der Waals surface area (Å²) in [5, 5.41) is 0.811. The number of hydrogen-bond acceptors (Lipinski definition) is 1. The smallest absolute Gasteiger partial charge is 0.166 e. The average Bonchev–Trinajstić information content (AvgIpc) is 2.79. The minimum Gasteiger partial charge on any atom is -0.494 e. The molecule has 0 unspecified atom stereocenters. The average molecular weight is 416 g/mol. The van der Waals surface area contributed by atoms with Crippen molar-refractivity contribution in [2.24, 2.45) is 0 Å². The molecule has 0 amide bonds. The number of ether oxygens (including phenoxy) is 1. The van der Waals surface area contributed by atoms with Gasteiger partial charge in [0, 0.05) is 28.1 Å². The maximum atomic E-state index is 14.5. The van der Waals surface area contributed by atoms with Crippen LogP contribution in [0.1, 0.15) is 24.5 Å². The first-order chi connectivity index (χ1) is 15.0. The Bertz CT molecular complexity index is 1300. The summed E-state index contributed by atoms with van der Waals surface area (Å²) in [6.07, 6.45) is 0.862. The molecule has 0 heterocycles. The van der Waals surface area contributed by atoms with Gasteiger partial charge in [-0.1, -0.05) is 43.0 Å². The van der Waals surface area contributed by atoms with E-state index in [1.807, 2.05) is 31.2 Å². The molecule has 4 rings (SSSR count). The molecule has 4 aromatic carbocycles. The Morgan fingerprint density at radius 2 is 1.48 bits per heavy atom. The fourth-order valence-corrected chi connectivity index (χ4v) is 3.26. The van der Waals surface area contributed by atoms with E-state index in [0.717, 1.165) is 23.6 Å². The predicted molar refractivity (Wildman–Crippen MR) is 117 cm³/mol. The zero-order valence-electron chi connectivity index (χ0n) is 16.9. The summed E-state index contributed by atoms with van der Waals surface area (Å²) in [4.78, 5) is 0. The molecule has 4 aromatic rings. The van der Waals surface area contributed by atoms with Gasteiger partial charge >= 0.3 is 0 Å². The van der Waals surface area contributed by atoms with E-state index < -0.39 is 11.6 Å². The molecular formula is C27H19F3O. The van der Waals surface area contributed by atoms with Crippen LogP contribution in [0.5, 0.6) is 5.75 Å². The van der Waals surface area contributed by atoms with Crippen LogP contribution in [0.25, 0.3) is 21.9 Å². The Balaban J connectivity index is 1.54. The minimum absolute atomic E-state index is 0.225. The van der Waals surface area contributed by atoms with E-state index >= 15 is 0 Å². The molecule has 4 heteroatoms. The van der Waals surface area contributed by atoms with Gasteiger partial charge in [-0.15, -0.1) is 0 Å². The van der Waals surface area contributed by atoms with Crippen molar-refractivity contribution in [3.05, 3.63) is 101 Å². The Morgan fingerprint density at radius 3 is 2.23 bits per heavy atom. The summed E-state index contributed by atoms with van der Waals surface area (Å²) < 4.78 is 47.1. The van der Waals surface area contributed by atoms with Gasteiger partial charge in [0.1, 0.15) is 11.6 Å². The molecule has 0 fully saturated rings. The van der Waals surface area contributed by atoms with Crippen molar-refractivity contribution in [3.63, 3.8) is 0 Å². The highest BCUT2D eigenvalue weighted by Crippen LogP contribution is 2.27. The third-order valence-corrected chi connectivity index (χ3v) is 4.87. The lowest BCUT2D eigenvalue weighted by molar-refractivity contribution is 0.316. The third-order valence-electron chi connectivity index (χ3n) is 4.87. The Kier molecular flexibility index (Phi) is 5.95. The monoisotopic (exact) mass is 416 g/mol. The molecule has 0 N–H and O–H groups in total. The van der Waals surface area contributed by atoms with Gasteiger partial charge in [-0.2, -0.15) is 0 Å². The lowest BCUT2D eigenvalue weighted by Crippen LogP contribution is -1.96. The van der Waals surface area contributed by atoms with Crippen molar-refractivity contribution in [2.75, 3.05) is 6.61 Å². The van der Waals surface area contributed by atoms with E-state index in [0.29, 0.717) is 28.9 Å². The Morgan fingerprint density at radius 1 is 0.742 bits per heavy atom. The van der Waals surface area contributed by atoms with Crippen molar-refractivity contribution in [2.45, 2.75) is 13.3 Å². The van der Waals surface area contributed by atoms with Crippen LogP contribution >= 0.6 is 0 Å². The maximum Gasteiger partial charge on any atom is 0.166 e. The zero-order chi connectivity index (χ0) is 21.8. The van der Waals surface area contributed by atoms with Crippen LogP contribution in [0.2, 0.25) is 0 Å². The standard InChI is InChI=1S/C27H19F3O/c1-2-15-31-22-11-13-23(26(29)17-22)20-8-5-18(6-9-20)3-4-19-7-12-24-21(16-19)10-14-25(28)27(24)30/h5-14,16-17H,2,15H2,1H3. The molecule has 0 radical (unpaired) electrons. The Labute approximate surface area is 179 Å². The van der Waals surface area contributed by atoms with Gasteiger partial charge in [0.2, 0.25) is 0 Å². The number of hydrogen-bond donors (Lipinski definition) is 0. The third kappa shape index (κ3) is 4.57. The molecule has 0 spiro atoms. The SMILES string of the molecule is CCCOc1ccc(-c2ccc(C#Cc3ccc4c(F)c(F)ccc4c3)cc2)c(F)c1. The van der Waals surface area contributed by atoms with E-state index in [4.69, 9.17) is 4.74 Å². The first-order valence-electron chi connectivity index (χ1n) is 9.97. The first kappa shape index (κ1) is 20.6. The topological polar surface area (TPSA) is 9.23 Å². The van der Waals surface area contributed by atoms with Crippen molar-refractivity contribution in [1.82, 2.24) is 0 Å². The van der Waals surface area contributed by atoms with Crippen LogP contribution in [-0.2, 0) is 0 Å². The highest BCUT2D eigenvalue weighted by Gasteiger charge is 2.08. The summed E-state index contributed by atoms with van der Waals surface area (Å²) in [7, 11) is 0. The highest BCUT2D eigenvalue weighted by molar-refractivity contribution is 5.84. The lowest BCUT2D eigenvalue weighted by atomic mass is 10.0. The Hall–Kier alpha value is -3.71. The van der Waals surface area contributed by atoms with Crippen molar-refractivity contribution >= 4 is 10.8 Å². The number of fused-ring (bicyclic) bond motifs is 1. The minimum atomic E-state index is -0.869. The zero-order valence-corrected chi connectivity index (χ0v) is 16.9. The second-order valence-corrected chi connectivity index (χ2v) is 7.11. The molecule has 0 saturated carbocycles. The van der Waals surface area contributed by atoms with Gasteiger partial charge in [0.05, 0.1) is 6.61 Å². The number of halogens is 3. The molecule has 0 aromatic heterocycles. The molecule has 0 aliphatic heterocycles. The molecule has 0 saturated heterocycles. The molecule has 0 atom stereocenters. The van der Waals surface area contributed by atoms with E-state index in [2.05, 4.69) is 11.8 Å². The lowest BCUT2D eigenvalue weighted by Gasteiger charge is -2.08. The molecule has 31 heavy (non-hydrogen) atoms. The van der Waals surface area contributed by atoms with E-state index in [9.17, 15) is 13.2 Å².